The number of aryl methyl sites for hydroxylation is 2. The third kappa shape index (κ3) is 2.82. The Morgan fingerprint density at radius 3 is 2.58 bits per heavy atom. The van der Waals surface area contributed by atoms with Crippen LogP contribution in [0.25, 0.3) is 0 Å². The van der Waals surface area contributed by atoms with Crippen LogP contribution in [-0.2, 0) is 10.0 Å². The highest BCUT2D eigenvalue weighted by atomic mass is 35.5. The Balaban J connectivity index is 2.40. The lowest BCUT2D eigenvalue weighted by molar-refractivity contribution is 0.569. The summed E-state index contributed by atoms with van der Waals surface area (Å²) in [5, 5.41) is 0.339. The predicted octanol–water partition coefficient (Wildman–Crippen LogP) is 2.33. The number of hydrogen-bond acceptors (Lipinski definition) is 5. The smallest absolute Gasteiger partial charge is 0.309 e. The molecule has 2 rings (SSSR count). The van der Waals surface area contributed by atoms with E-state index in [1.807, 2.05) is 0 Å². The van der Waals surface area contributed by atoms with Gasteiger partial charge in [0.1, 0.15) is 6.26 Å². The van der Waals surface area contributed by atoms with Crippen LogP contribution in [0.1, 0.15) is 11.3 Å². The number of rotatable bonds is 3. The molecule has 102 valence electrons. The number of oxazole rings is 1. The molecule has 1 heterocycles. The average Bonchev–Trinajstić information content (AvgIpc) is 2.70. The molecule has 0 spiro atoms. The van der Waals surface area contributed by atoms with Crippen molar-refractivity contribution in [1.29, 1.82) is 0 Å². The van der Waals surface area contributed by atoms with Crippen molar-refractivity contribution in [1.82, 2.24) is 4.98 Å². The molecule has 19 heavy (non-hydrogen) atoms. The van der Waals surface area contributed by atoms with Gasteiger partial charge in [-0.25, -0.2) is 13.1 Å². The van der Waals surface area contributed by atoms with E-state index in [0.717, 1.165) is 0 Å². The largest absolute Gasteiger partial charge is 0.431 e. The van der Waals surface area contributed by atoms with E-state index in [1.54, 1.807) is 13.8 Å². The Morgan fingerprint density at radius 2 is 2.05 bits per heavy atom. The molecule has 0 bridgehead atoms. The molecule has 0 saturated heterocycles. The van der Waals surface area contributed by atoms with Crippen molar-refractivity contribution in [3.63, 3.8) is 0 Å². The summed E-state index contributed by atoms with van der Waals surface area (Å²) in [7, 11) is -3.81. The molecule has 1 aromatic heterocycles. The van der Waals surface area contributed by atoms with Crippen LogP contribution < -0.4 is 10.5 Å². The van der Waals surface area contributed by atoms with Crippen LogP contribution in [0.4, 0.5) is 11.7 Å². The fraction of sp³-hybridized carbons (Fsp3) is 0.182. The van der Waals surface area contributed by atoms with Crippen molar-refractivity contribution >= 4 is 33.3 Å². The summed E-state index contributed by atoms with van der Waals surface area (Å²) in [6.45, 7) is 3.36. The number of anilines is 2. The van der Waals surface area contributed by atoms with Gasteiger partial charge >= 0.3 is 6.01 Å². The number of nitrogen functional groups attached to an aromatic ring is 1. The maximum atomic E-state index is 12.1. The van der Waals surface area contributed by atoms with Crippen LogP contribution in [0, 0.1) is 13.8 Å². The van der Waals surface area contributed by atoms with Gasteiger partial charge in [-0.05, 0) is 31.5 Å². The topological polar surface area (TPSA) is 98.2 Å². The van der Waals surface area contributed by atoms with E-state index in [4.69, 9.17) is 21.8 Å². The van der Waals surface area contributed by atoms with Crippen molar-refractivity contribution in [3.8, 4) is 0 Å². The van der Waals surface area contributed by atoms with Gasteiger partial charge in [0.2, 0.25) is 0 Å². The summed E-state index contributed by atoms with van der Waals surface area (Å²) in [6, 6.07) is 2.62. The zero-order valence-corrected chi connectivity index (χ0v) is 11.8. The molecule has 0 radical (unpaired) electrons. The molecule has 8 heteroatoms. The van der Waals surface area contributed by atoms with Crippen LogP contribution in [0.5, 0.6) is 0 Å². The number of hydrogen-bond donors (Lipinski definition) is 2. The van der Waals surface area contributed by atoms with Crippen molar-refractivity contribution < 1.29 is 12.8 Å². The van der Waals surface area contributed by atoms with Gasteiger partial charge in [-0.15, -0.1) is 0 Å². The molecule has 2 aromatic rings. The third-order valence-corrected chi connectivity index (χ3v) is 4.22. The van der Waals surface area contributed by atoms with Crippen LogP contribution >= 0.6 is 11.6 Å². The van der Waals surface area contributed by atoms with Crippen LogP contribution in [0.3, 0.4) is 0 Å². The minimum atomic E-state index is -3.81. The highest BCUT2D eigenvalue weighted by Gasteiger charge is 2.19. The average molecular weight is 302 g/mol. The lowest BCUT2D eigenvalue weighted by Crippen LogP contribution is -2.14. The minimum absolute atomic E-state index is 0.00255. The normalized spacial score (nSPS) is 11.5. The molecular formula is C11H12ClN3O3S. The standard InChI is InChI=1S/C11H12ClN3O3S/c1-6-3-8(4-9(13)10(6)12)19(16,17)15-11-14-7(2)5-18-11/h3-5H,13H2,1-2H3,(H,14,15). The van der Waals surface area contributed by atoms with E-state index in [2.05, 4.69) is 9.71 Å². The lowest BCUT2D eigenvalue weighted by Gasteiger charge is -2.08. The molecule has 0 fully saturated rings. The zero-order chi connectivity index (χ0) is 14.2. The number of nitrogens with zero attached hydrogens (tertiary/aromatic N) is 1. The van der Waals surface area contributed by atoms with Crippen LogP contribution in [0.2, 0.25) is 5.02 Å². The second-order valence-corrected chi connectivity index (χ2v) is 6.10. The first-order valence-electron chi connectivity index (χ1n) is 5.30. The second kappa shape index (κ2) is 4.75. The van der Waals surface area contributed by atoms with Crippen LogP contribution in [0.15, 0.2) is 27.7 Å². The Bertz CT molecular complexity index is 702. The molecule has 6 nitrogen and oxygen atoms in total. The van der Waals surface area contributed by atoms with Gasteiger partial charge in [0.05, 0.1) is 21.3 Å². The summed E-state index contributed by atoms with van der Waals surface area (Å²) in [4.78, 5) is 3.87. The first-order valence-corrected chi connectivity index (χ1v) is 7.16. The van der Waals surface area contributed by atoms with Crippen molar-refractivity contribution in [3.05, 3.63) is 34.7 Å². The van der Waals surface area contributed by atoms with E-state index in [9.17, 15) is 8.42 Å². The van der Waals surface area contributed by atoms with Gasteiger partial charge in [-0.2, -0.15) is 4.98 Å². The maximum Gasteiger partial charge on any atom is 0.309 e. The van der Waals surface area contributed by atoms with E-state index in [-0.39, 0.29) is 16.6 Å². The molecule has 0 aliphatic carbocycles. The molecule has 0 amide bonds. The van der Waals surface area contributed by atoms with E-state index in [0.29, 0.717) is 16.3 Å². The Hall–Kier alpha value is -1.73. The fourth-order valence-electron chi connectivity index (χ4n) is 1.49. The third-order valence-electron chi connectivity index (χ3n) is 2.41. The van der Waals surface area contributed by atoms with Crippen molar-refractivity contribution in [2.75, 3.05) is 10.5 Å². The summed E-state index contributed by atoms with van der Waals surface area (Å²) in [5.41, 5.74) is 7.00. The zero-order valence-electron chi connectivity index (χ0n) is 10.3. The van der Waals surface area contributed by atoms with Crippen molar-refractivity contribution in [2.45, 2.75) is 18.7 Å². The molecule has 0 saturated carbocycles. The quantitative estimate of drug-likeness (QED) is 0.848. The van der Waals surface area contributed by atoms with Crippen molar-refractivity contribution in [2.24, 2.45) is 0 Å². The lowest BCUT2D eigenvalue weighted by atomic mass is 10.2. The Labute approximate surface area is 115 Å². The maximum absolute atomic E-state index is 12.1. The van der Waals surface area contributed by atoms with Gasteiger partial charge in [0, 0.05) is 0 Å². The van der Waals surface area contributed by atoms with E-state index < -0.39 is 10.0 Å². The first kappa shape index (κ1) is 13.7. The predicted molar refractivity (Wildman–Crippen MR) is 72.6 cm³/mol. The Morgan fingerprint density at radius 1 is 1.37 bits per heavy atom. The summed E-state index contributed by atoms with van der Waals surface area (Å²) in [6.07, 6.45) is 1.35. The highest BCUT2D eigenvalue weighted by molar-refractivity contribution is 7.92. The number of halogens is 1. The number of benzene rings is 1. The first-order chi connectivity index (χ1) is 8.79. The number of nitrogens with one attached hydrogen (secondary N) is 1. The summed E-state index contributed by atoms with van der Waals surface area (Å²) < 4.78 is 31.4. The Kier molecular flexibility index (Phi) is 3.42. The molecule has 0 atom stereocenters. The van der Waals surface area contributed by atoms with Gasteiger partial charge in [0.15, 0.2) is 0 Å². The summed E-state index contributed by atoms with van der Waals surface area (Å²) >= 11 is 5.89. The van der Waals surface area contributed by atoms with Gasteiger partial charge in [0.25, 0.3) is 10.0 Å². The minimum Gasteiger partial charge on any atom is -0.431 e. The SMILES string of the molecule is Cc1coc(NS(=O)(=O)c2cc(C)c(Cl)c(N)c2)n1. The molecular weight excluding hydrogens is 290 g/mol. The van der Waals surface area contributed by atoms with Gasteiger partial charge in [-0.3, -0.25) is 0 Å². The second-order valence-electron chi connectivity index (χ2n) is 4.04. The number of sulfonamides is 1. The van der Waals surface area contributed by atoms with Crippen LogP contribution in [-0.4, -0.2) is 13.4 Å². The van der Waals surface area contributed by atoms with Gasteiger partial charge < -0.3 is 10.2 Å². The molecule has 3 N–H and O–H groups in total. The molecule has 0 unspecified atom stereocenters. The molecule has 0 aliphatic rings. The fourth-order valence-corrected chi connectivity index (χ4v) is 2.66. The summed E-state index contributed by atoms with van der Waals surface area (Å²) in [5.74, 6) is 0. The number of nitrogens with two attached hydrogens (primary N) is 1. The highest BCUT2D eigenvalue weighted by Crippen LogP contribution is 2.27. The molecule has 0 aliphatic heterocycles. The number of aromatic nitrogens is 1. The molecule has 1 aromatic carbocycles. The van der Waals surface area contributed by atoms with Gasteiger partial charge in [-0.1, -0.05) is 11.6 Å². The van der Waals surface area contributed by atoms with E-state index >= 15 is 0 Å². The monoisotopic (exact) mass is 301 g/mol. The van der Waals surface area contributed by atoms with E-state index in [1.165, 1.54) is 18.4 Å².